The summed E-state index contributed by atoms with van der Waals surface area (Å²) in [5.74, 6) is 1.80. The zero-order valence-corrected chi connectivity index (χ0v) is 15.2. The van der Waals surface area contributed by atoms with Crippen LogP contribution in [-0.2, 0) is 19.4 Å². The number of aliphatic hydroxyl groups excluding tert-OH is 1. The third-order valence-corrected chi connectivity index (χ3v) is 4.69. The molecule has 0 unspecified atom stereocenters. The van der Waals surface area contributed by atoms with Crippen molar-refractivity contribution in [2.45, 2.75) is 40.2 Å². The summed E-state index contributed by atoms with van der Waals surface area (Å²) in [4.78, 5) is 4.70. The maximum absolute atomic E-state index is 9.35. The molecule has 25 heavy (non-hydrogen) atoms. The molecular weight excluding hydrogens is 312 g/mol. The fourth-order valence-electron chi connectivity index (χ4n) is 3.05. The number of aryl methyl sites for hydroxylation is 3. The van der Waals surface area contributed by atoms with Gasteiger partial charge in [0.1, 0.15) is 18.2 Å². The van der Waals surface area contributed by atoms with Crippen LogP contribution in [0.5, 0.6) is 5.75 Å². The Labute approximate surface area is 149 Å². The van der Waals surface area contributed by atoms with Crippen molar-refractivity contribution in [1.82, 2.24) is 9.55 Å². The van der Waals surface area contributed by atoms with E-state index in [9.17, 15) is 5.11 Å². The van der Waals surface area contributed by atoms with Gasteiger partial charge in [-0.1, -0.05) is 19.1 Å². The predicted molar refractivity (Wildman–Crippen MR) is 101 cm³/mol. The molecule has 0 aliphatic rings. The number of fused-ring (bicyclic) bond motifs is 1. The van der Waals surface area contributed by atoms with Gasteiger partial charge in [0, 0.05) is 6.42 Å². The Bertz CT molecular complexity index is 850. The molecule has 0 bridgehead atoms. The first kappa shape index (κ1) is 17.5. The second kappa shape index (κ2) is 7.70. The van der Waals surface area contributed by atoms with Gasteiger partial charge in [-0.15, -0.1) is 0 Å². The van der Waals surface area contributed by atoms with Gasteiger partial charge < -0.3 is 14.4 Å². The van der Waals surface area contributed by atoms with E-state index in [4.69, 9.17) is 9.72 Å². The van der Waals surface area contributed by atoms with Crippen molar-refractivity contribution < 1.29 is 9.84 Å². The first-order valence-electron chi connectivity index (χ1n) is 8.91. The maximum atomic E-state index is 9.35. The Morgan fingerprint density at radius 2 is 1.80 bits per heavy atom. The van der Waals surface area contributed by atoms with Crippen LogP contribution in [0.1, 0.15) is 29.4 Å². The third-order valence-electron chi connectivity index (χ3n) is 4.69. The molecule has 0 aliphatic carbocycles. The van der Waals surface area contributed by atoms with Crippen LogP contribution in [-0.4, -0.2) is 27.9 Å². The number of nitrogens with zero attached hydrogens (tertiary/aromatic N) is 2. The standard InChI is InChI=1S/C21H26N2O2/c1-4-17-5-7-18(8-6-17)25-12-10-23-20-14-16(3)15(2)13-19(20)22-21(23)9-11-24/h5-8,13-14,24H,4,9-12H2,1-3H3. The highest BCUT2D eigenvalue weighted by molar-refractivity contribution is 5.78. The smallest absolute Gasteiger partial charge is 0.119 e. The molecule has 3 aromatic rings. The molecular formula is C21H26N2O2. The van der Waals surface area contributed by atoms with Crippen LogP contribution in [0.4, 0.5) is 0 Å². The van der Waals surface area contributed by atoms with Gasteiger partial charge in [0.25, 0.3) is 0 Å². The van der Waals surface area contributed by atoms with Crippen molar-refractivity contribution in [1.29, 1.82) is 0 Å². The lowest BCUT2D eigenvalue weighted by molar-refractivity contribution is 0.283. The van der Waals surface area contributed by atoms with E-state index in [-0.39, 0.29) is 6.61 Å². The van der Waals surface area contributed by atoms with E-state index in [0.717, 1.165) is 29.0 Å². The molecule has 1 aromatic heterocycles. The van der Waals surface area contributed by atoms with Crippen molar-refractivity contribution >= 4 is 11.0 Å². The summed E-state index contributed by atoms with van der Waals surface area (Å²) in [6, 6.07) is 12.5. The molecule has 132 valence electrons. The molecule has 2 aromatic carbocycles. The zero-order valence-electron chi connectivity index (χ0n) is 15.2. The van der Waals surface area contributed by atoms with E-state index < -0.39 is 0 Å². The predicted octanol–water partition coefficient (Wildman–Crippen LogP) is 3.83. The highest BCUT2D eigenvalue weighted by atomic mass is 16.5. The zero-order chi connectivity index (χ0) is 17.8. The first-order chi connectivity index (χ1) is 12.1. The van der Waals surface area contributed by atoms with Crippen LogP contribution < -0.4 is 4.74 Å². The number of ether oxygens (including phenoxy) is 1. The van der Waals surface area contributed by atoms with Gasteiger partial charge in [-0.3, -0.25) is 0 Å². The average molecular weight is 338 g/mol. The van der Waals surface area contributed by atoms with Crippen LogP contribution >= 0.6 is 0 Å². The molecule has 4 heteroatoms. The van der Waals surface area contributed by atoms with Gasteiger partial charge in [-0.25, -0.2) is 4.98 Å². The Balaban J connectivity index is 1.78. The summed E-state index contributed by atoms with van der Waals surface area (Å²) in [6.07, 6.45) is 1.59. The number of hydrogen-bond donors (Lipinski definition) is 1. The lowest BCUT2D eigenvalue weighted by Gasteiger charge is -2.11. The summed E-state index contributed by atoms with van der Waals surface area (Å²) in [7, 11) is 0. The molecule has 0 amide bonds. The van der Waals surface area contributed by atoms with E-state index in [2.05, 4.69) is 49.6 Å². The minimum absolute atomic E-state index is 0.0978. The molecule has 0 atom stereocenters. The summed E-state index contributed by atoms with van der Waals surface area (Å²) >= 11 is 0. The molecule has 0 radical (unpaired) electrons. The van der Waals surface area contributed by atoms with Crippen molar-refractivity contribution in [3.63, 3.8) is 0 Å². The van der Waals surface area contributed by atoms with Crippen LogP contribution in [0.15, 0.2) is 36.4 Å². The van der Waals surface area contributed by atoms with Crippen LogP contribution in [0, 0.1) is 13.8 Å². The average Bonchev–Trinajstić information content (AvgIpc) is 2.93. The van der Waals surface area contributed by atoms with Crippen molar-refractivity contribution in [3.8, 4) is 5.75 Å². The number of rotatable bonds is 7. The van der Waals surface area contributed by atoms with Gasteiger partial charge in [-0.2, -0.15) is 0 Å². The fraction of sp³-hybridized carbons (Fsp3) is 0.381. The Hall–Kier alpha value is -2.33. The van der Waals surface area contributed by atoms with E-state index >= 15 is 0 Å². The summed E-state index contributed by atoms with van der Waals surface area (Å²) in [6.45, 7) is 7.74. The Morgan fingerprint density at radius 3 is 2.48 bits per heavy atom. The van der Waals surface area contributed by atoms with Gasteiger partial charge in [0.2, 0.25) is 0 Å². The molecule has 4 nitrogen and oxygen atoms in total. The van der Waals surface area contributed by atoms with Gasteiger partial charge >= 0.3 is 0 Å². The molecule has 3 rings (SSSR count). The van der Waals surface area contributed by atoms with Crippen molar-refractivity contribution in [2.75, 3.05) is 13.2 Å². The number of imidazole rings is 1. The summed E-state index contributed by atoms with van der Waals surface area (Å²) in [5, 5.41) is 9.35. The fourth-order valence-corrected chi connectivity index (χ4v) is 3.05. The molecule has 1 N–H and O–H groups in total. The normalized spacial score (nSPS) is 11.2. The highest BCUT2D eigenvalue weighted by Gasteiger charge is 2.12. The molecule has 0 spiro atoms. The quantitative estimate of drug-likeness (QED) is 0.712. The van der Waals surface area contributed by atoms with Crippen LogP contribution in [0.2, 0.25) is 0 Å². The van der Waals surface area contributed by atoms with Crippen LogP contribution in [0.25, 0.3) is 11.0 Å². The molecule has 0 saturated carbocycles. The molecule has 1 heterocycles. The molecule has 0 aliphatic heterocycles. The third kappa shape index (κ3) is 3.85. The number of benzene rings is 2. The number of aliphatic hydroxyl groups is 1. The minimum atomic E-state index is 0.0978. The van der Waals surface area contributed by atoms with Crippen LogP contribution in [0.3, 0.4) is 0 Å². The van der Waals surface area contributed by atoms with Gasteiger partial charge in [0.05, 0.1) is 24.2 Å². The molecule has 0 saturated heterocycles. The second-order valence-electron chi connectivity index (χ2n) is 6.42. The maximum Gasteiger partial charge on any atom is 0.119 e. The summed E-state index contributed by atoms with van der Waals surface area (Å²) in [5.41, 5.74) is 5.89. The van der Waals surface area contributed by atoms with E-state index in [1.807, 2.05) is 12.1 Å². The number of hydrogen-bond acceptors (Lipinski definition) is 3. The lowest BCUT2D eigenvalue weighted by Crippen LogP contribution is -2.12. The SMILES string of the molecule is CCc1ccc(OCCn2c(CCO)nc3cc(C)c(C)cc32)cc1. The van der Waals surface area contributed by atoms with E-state index in [1.54, 1.807) is 0 Å². The second-order valence-corrected chi connectivity index (χ2v) is 6.42. The van der Waals surface area contributed by atoms with E-state index in [0.29, 0.717) is 19.6 Å². The minimum Gasteiger partial charge on any atom is -0.492 e. The van der Waals surface area contributed by atoms with Gasteiger partial charge in [-0.05, 0) is 61.2 Å². The monoisotopic (exact) mass is 338 g/mol. The first-order valence-corrected chi connectivity index (χ1v) is 8.91. The van der Waals surface area contributed by atoms with E-state index in [1.165, 1.54) is 16.7 Å². The highest BCUT2D eigenvalue weighted by Crippen LogP contribution is 2.21. The Morgan fingerprint density at radius 1 is 1.08 bits per heavy atom. The largest absolute Gasteiger partial charge is 0.492 e. The van der Waals surface area contributed by atoms with Crippen molar-refractivity contribution in [2.24, 2.45) is 0 Å². The molecule has 0 fully saturated rings. The lowest BCUT2D eigenvalue weighted by atomic mass is 10.1. The van der Waals surface area contributed by atoms with Crippen molar-refractivity contribution in [3.05, 3.63) is 58.9 Å². The Kier molecular flexibility index (Phi) is 5.39. The topological polar surface area (TPSA) is 47.3 Å². The van der Waals surface area contributed by atoms with Gasteiger partial charge in [0.15, 0.2) is 0 Å². The summed E-state index contributed by atoms with van der Waals surface area (Å²) < 4.78 is 8.07. The number of aromatic nitrogens is 2.